The summed E-state index contributed by atoms with van der Waals surface area (Å²) < 4.78 is 32.5. The Morgan fingerprint density at radius 1 is 1.18 bits per heavy atom. The minimum atomic E-state index is -0.988. The van der Waals surface area contributed by atoms with Crippen LogP contribution in [0.4, 0.5) is 20.3 Å². The first kappa shape index (κ1) is 28.8. The van der Waals surface area contributed by atoms with Gasteiger partial charge in [-0.2, -0.15) is 5.11 Å². The molecular formula is C26H35F2N5O4S. The van der Waals surface area contributed by atoms with Crippen LogP contribution in [0.3, 0.4) is 0 Å². The number of nitrogens with zero attached hydrogens (tertiary/aromatic N) is 3. The normalized spacial score (nSPS) is 26.5. The van der Waals surface area contributed by atoms with Crippen LogP contribution in [-0.2, 0) is 11.2 Å². The van der Waals surface area contributed by atoms with Crippen LogP contribution in [0.2, 0.25) is 0 Å². The number of nitrogens with one attached hydrogen (secondary N) is 2. The van der Waals surface area contributed by atoms with Gasteiger partial charge in [0.05, 0.1) is 31.1 Å². The molecule has 1 aromatic carbocycles. The van der Waals surface area contributed by atoms with Gasteiger partial charge in [-0.15, -0.1) is 0 Å². The number of aromatic nitrogens is 2. The van der Waals surface area contributed by atoms with Gasteiger partial charge >= 0.3 is 0 Å². The molecule has 0 amide bonds. The molecule has 4 rings (SSSR count). The Hall–Kier alpha value is -2.25. The average molecular weight is 552 g/mol. The Morgan fingerprint density at radius 2 is 2.00 bits per heavy atom. The van der Waals surface area contributed by atoms with E-state index in [0.717, 1.165) is 24.7 Å². The number of benzene rings is 1. The Bertz CT molecular complexity index is 1110. The van der Waals surface area contributed by atoms with Crippen LogP contribution >= 0.6 is 11.8 Å². The number of aryl methyl sites for hydroxylation is 1. The maximum atomic E-state index is 13.7. The predicted molar refractivity (Wildman–Crippen MR) is 139 cm³/mol. The number of hydrogen-bond donors (Lipinski definition) is 5. The minimum absolute atomic E-state index is 0.00474. The van der Waals surface area contributed by atoms with Gasteiger partial charge in [-0.05, 0) is 62.1 Å². The molecule has 0 radical (unpaired) electrons. The van der Waals surface area contributed by atoms with Crippen molar-refractivity contribution in [3.63, 3.8) is 0 Å². The summed E-state index contributed by atoms with van der Waals surface area (Å²) in [5, 5.41) is 37.3. The van der Waals surface area contributed by atoms with Crippen LogP contribution in [-0.4, -0.2) is 68.6 Å². The maximum absolute atomic E-state index is 13.7. The predicted octanol–water partition coefficient (Wildman–Crippen LogP) is 4.33. The summed E-state index contributed by atoms with van der Waals surface area (Å²) in [6, 6.07) is 3.90. The van der Waals surface area contributed by atoms with Crippen LogP contribution in [0.15, 0.2) is 28.5 Å². The van der Waals surface area contributed by atoms with Gasteiger partial charge in [-0.25, -0.2) is 24.3 Å². The number of aliphatic hydroxyl groups excluding tert-OH is 3. The first-order valence-electron chi connectivity index (χ1n) is 13.1. The lowest BCUT2D eigenvalue weighted by Gasteiger charge is -2.17. The molecule has 208 valence electrons. The molecule has 0 saturated heterocycles. The number of ether oxygens (including phenoxy) is 1. The molecule has 1 aromatic heterocycles. The van der Waals surface area contributed by atoms with Gasteiger partial charge in [0.25, 0.3) is 0 Å². The highest BCUT2D eigenvalue weighted by Crippen LogP contribution is 2.45. The van der Waals surface area contributed by atoms with Gasteiger partial charge in [0, 0.05) is 17.7 Å². The summed E-state index contributed by atoms with van der Waals surface area (Å²) >= 11 is 1.52. The molecule has 12 heteroatoms. The lowest BCUT2D eigenvalue weighted by Crippen LogP contribution is -2.32. The second kappa shape index (κ2) is 13.2. The van der Waals surface area contributed by atoms with E-state index in [1.54, 1.807) is 6.07 Å². The molecule has 2 aliphatic rings. The van der Waals surface area contributed by atoms with Crippen molar-refractivity contribution < 1.29 is 28.8 Å². The van der Waals surface area contributed by atoms with Crippen molar-refractivity contribution in [2.45, 2.75) is 80.9 Å². The van der Waals surface area contributed by atoms with Gasteiger partial charge < -0.3 is 25.4 Å². The second-order valence-electron chi connectivity index (χ2n) is 9.88. The molecule has 0 spiro atoms. The molecule has 0 bridgehead atoms. The zero-order valence-corrected chi connectivity index (χ0v) is 22.1. The van der Waals surface area contributed by atoms with E-state index < -0.39 is 29.9 Å². The average Bonchev–Trinajstić information content (AvgIpc) is 3.62. The highest BCUT2D eigenvalue weighted by molar-refractivity contribution is 7.99. The van der Waals surface area contributed by atoms with Crippen molar-refractivity contribution in [1.82, 2.24) is 9.97 Å². The van der Waals surface area contributed by atoms with Crippen molar-refractivity contribution in [2.24, 2.45) is 11.0 Å². The summed E-state index contributed by atoms with van der Waals surface area (Å²) in [5.41, 5.74) is 9.49. The van der Waals surface area contributed by atoms with E-state index in [1.165, 1.54) is 17.8 Å². The quantitative estimate of drug-likeness (QED) is 0.133. The number of rotatable bonds is 14. The molecule has 9 nitrogen and oxygen atoms in total. The molecule has 2 aliphatic carbocycles. The fourth-order valence-electron chi connectivity index (χ4n) is 5.04. The van der Waals surface area contributed by atoms with Crippen LogP contribution in [0.25, 0.3) is 0 Å². The van der Waals surface area contributed by atoms with E-state index in [9.17, 15) is 19.0 Å². The van der Waals surface area contributed by atoms with Gasteiger partial charge in [-0.3, -0.25) is 0 Å². The monoisotopic (exact) mass is 551 g/mol. The minimum Gasteiger partial charge on any atom is -0.394 e. The van der Waals surface area contributed by atoms with Gasteiger partial charge in [-0.1, -0.05) is 24.8 Å². The third-order valence-electron chi connectivity index (χ3n) is 7.13. The first-order valence-corrected chi connectivity index (χ1v) is 14.1. The van der Waals surface area contributed by atoms with E-state index >= 15 is 0 Å². The highest BCUT2D eigenvalue weighted by atomic mass is 32.2. The van der Waals surface area contributed by atoms with Crippen molar-refractivity contribution in [2.75, 3.05) is 24.3 Å². The standard InChI is InChI=1S/C26H35F2N5O4S/c1-2-10-38-26-31-19(5-3-4-15-12-21(37-9-8-34)24(36)23(15)35)22(33-29)25(32-26)30-20-13-16(20)14-6-7-17(27)18(28)11-14/h6-7,11,15-16,20-21,23-24,29,34-36H,2-5,8-10,12-13H2,1H3,(H,30,31,32)/t15?,16-,20+,21-,23-,24+/m0/s1. The molecule has 2 fully saturated rings. The zero-order chi connectivity index (χ0) is 27.2. The fraction of sp³-hybridized carbons (Fsp3) is 0.615. The van der Waals surface area contributed by atoms with Gasteiger partial charge in [0.15, 0.2) is 22.6 Å². The van der Waals surface area contributed by atoms with E-state index in [-0.39, 0.29) is 31.1 Å². The summed E-state index contributed by atoms with van der Waals surface area (Å²) in [7, 11) is 0. The first-order chi connectivity index (χ1) is 18.4. The van der Waals surface area contributed by atoms with Crippen molar-refractivity contribution in [3.05, 3.63) is 41.1 Å². The number of anilines is 1. The van der Waals surface area contributed by atoms with Gasteiger partial charge in [0.1, 0.15) is 11.8 Å². The van der Waals surface area contributed by atoms with E-state index in [4.69, 9.17) is 15.4 Å². The molecule has 6 atom stereocenters. The SMILES string of the molecule is CCCSc1nc(CCCC2C[C@H](OCCO)[C@@H](O)[C@H]2O)c(N=N)c(N[C@@H]2C[C@H]2c2ccc(F)c(F)c2)n1. The number of halogens is 2. The maximum Gasteiger partial charge on any atom is 0.189 e. The smallest absolute Gasteiger partial charge is 0.189 e. The second-order valence-corrected chi connectivity index (χ2v) is 10.9. The Morgan fingerprint density at radius 3 is 2.71 bits per heavy atom. The van der Waals surface area contributed by atoms with Gasteiger partial charge in [0.2, 0.25) is 0 Å². The molecule has 0 aliphatic heterocycles. The Labute approximate surface area is 224 Å². The number of aliphatic hydroxyl groups is 3. The summed E-state index contributed by atoms with van der Waals surface area (Å²) in [6.45, 7) is 2.03. The van der Waals surface area contributed by atoms with Crippen LogP contribution in [0.1, 0.15) is 56.2 Å². The molecule has 38 heavy (non-hydrogen) atoms. The molecule has 2 saturated carbocycles. The summed E-state index contributed by atoms with van der Waals surface area (Å²) in [6.07, 6.45) is 1.55. The van der Waals surface area contributed by atoms with E-state index in [2.05, 4.69) is 27.3 Å². The van der Waals surface area contributed by atoms with Crippen LogP contribution < -0.4 is 5.32 Å². The topological polar surface area (TPSA) is 144 Å². The molecule has 5 N–H and O–H groups in total. The lowest BCUT2D eigenvalue weighted by molar-refractivity contribution is -0.0633. The Balaban J connectivity index is 1.44. The molecule has 2 aromatic rings. The van der Waals surface area contributed by atoms with Crippen molar-refractivity contribution in [3.8, 4) is 0 Å². The molecule has 1 heterocycles. The van der Waals surface area contributed by atoms with Crippen molar-refractivity contribution >= 4 is 23.3 Å². The third-order valence-corrected chi connectivity index (χ3v) is 8.18. The highest BCUT2D eigenvalue weighted by Gasteiger charge is 2.42. The van der Waals surface area contributed by atoms with Crippen LogP contribution in [0, 0.1) is 23.1 Å². The number of thioether (sulfide) groups is 1. The zero-order valence-electron chi connectivity index (χ0n) is 21.3. The number of hydrogen-bond acceptors (Lipinski definition) is 10. The third kappa shape index (κ3) is 6.84. The van der Waals surface area contributed by atoms with E-state index in [0.29, 0.717) is 53.6 Å². The van der Waals surface area contributed by atoms with Crippen molar-refractivity contribution in [1.29, 1.82) is 5.53 Å². The Kier molecular flexibility index (Phi) is 9.99. The fourth-order valence-corrected chi connectivity index (χ4v) is 5.75. The molecular weight excluding hydrogens is 516 g/mol. The lowest BCUT2D eigenvalue weighted by atomic mass is 9.97. The summed E-state index contributed by atoms with van der Waals surface area (Å²) in [4.78, 5) is 9.27. The molecule has 1 unspecified atom stereocenters. The summed E-state index contributed by atoms with van der Waals surface area (Å²) in [5.74, 6) is -0.610. The largest absolute Gasteiger partial charge is 0.394 e. The van der Waals surface area contributed by atoms with E-state index in [1.807, 2.05) is 0 Å². The van der Waals surface area contributed by atoms with Crippen LogP contribution in [0.5, 0.6) is 0 Å².